The SMILES string of the molecule is CC(CNS(=O)(=O)C(C)C)c1ccc(-n2ccc3ccncc32)cc1. The van der Waals surface area contributed by atoms with Crippen LogP contribution in [0.15, 0.2) is 55.0 Å². The first-order valence-electron chi connectivity index (χ1n) is 8.38. The molecule has 0 aliphatic rings. The minimum Gasteiger partial charge on any atom is -0.315 e. The van der Waals surface area contributed by atoms with Crippen LogP contribution in [0.3, 0.4) is 0 Å². The fraction of sp³-hybridized carbons (Fsp3) is 0.316. The van der Waals surface area contributed by atoms with Gasteiger partial charge in [-0.25, -0.2) is 13.1 Å². The van der Waals surface area contributed by atoms with Gasteiger partial charge in [-0.05, 0) is 49.6 Å². The summed E-state index contributed by atoms with van der Waals surface area (Å²) in [5.41, 5.74) is 3.22. The molecule has 1 atom stereocenters. The average Bonchev–Trinajstić information content (AvgIpc) is 3.04. The van der Waals surface area contributed by atoms with E-state index in [0.717, 1.165) is 22.2 Å². The molecule has 0 aliphatic carbocycles. The van der Waals surface area contributed by atoms with Crippen molar-refractivity contribution in [1.82, 2.24) is 14.3 Å². The number of rotatable bonds is 6. The van der Waals surface area contributed by atoms with Crippen LogP contribution in [0.2, 0.25) is 0 Å². The van der Waals surface area contributed by atoms with E-state index >= 15 is 0 Å². The van der Waals surface area contributed by atoms with Gasteiger partial charge in [0.1, 0.15) is 0 Å². The molecule has 0 fully saturated rings. The highest BCUT2D eigenvalue weighted by atomic mass is 32.2. The molecule has 3 rings (SSSR count). The van der Waals surface area contributed by atoms with E-state index in [1.165, 1.54) is 0 Å². The Hall–Kier alpha value is -2.18. The predicted octanol–water partition coefficient (Wildman–Crippen LogP) is 3.46. The van der Waals surface area contributed by atoms with Crippen molar-refractivity contribution in [1.29, 1.82) is 0 Å². The minimum absolute atomic E-state index is 0.102. The number of fused-ring (bicyclic) bond motifs is 1. The van der Waals surface area contributed by atoms with E-state index in [-0.39, 0.29) is 5.92 Å². The van der Waals surface area contributed by atoms with Gasteiger partial charge in [0, 0.05) is 30.0 Å². The van der Waals surface area contributed by atoms with Crippen LogP contribution >= 0.6 is 0 Å². The summed E-state index contributed by atoms with van der Waals surface area (Å²) in [6.45, 7) is 5.78. The van der Waals surface area contributed by atoms with Gasteiger partial charge in [-0.15, -0.1) is 0 Å². The topological polar surface area (TPSA) is 64.0 Å². The molecule has 0 saturated carbocycles. The minimum atomic E-state index is -3.23. The van der Waals surface area contributed by atoms with Gasteiger partial charge in [0.25, 0.3) is 0 Å². The molecule has 0 amide bonds. The van der Waals surface area contributed by atoms with Crippen molar-refractivity contribution in [2.45, 2.75) is 31.9 Å². The highest BCUT2D eigenvalue weighted by molar-refractivity contribution is 7.90. The highest BCUT2D eigenvalue weighted by Crippen LogP contribution is 2.22. The lowest BCUT2D eigenvalue weighted by Gasteiger charge is -2.15. The van der Waals surface area contributed by atoms with Crippen LogP contribution in [0, 0.1) is 0 Å². The molecule has 132 valence electrons. The molecule has 0 saturated heterocycles. The Balaban J connectivity index is 1.76. The first kappa shape index (κ1) is 17.6. The lowest BCUT2D eigenvalue weighted by molar-refractivity contribution is 0.566. The summed E-state index contributed by atoms with van der Waals surface area (Å²) in [7, 11) is -3.23. The zero-order valence-corrected chi connectivity index (χ0v) is 15.5. The van der Waals surface area contributed by atoms with E-state index in [0.29, 0.717) is 6.54 Å². The second-order valence-electron chi connectivity index (χ2n) is 6.56. The van der Waals surface area contributed by atoms with Crippen molar-refractivity contribution in [3.63, 3.8) is 0 Å². The Kier molecular flexibility index (Phi) is 4.92. The number of sulfonamides is 1. The van der Waals surface area contributed by atoms with Crippen LogP contribution in [-0.4, -0.2) is 29.8 Å². The van der Waals surface area contributed by atoms with Crippen LogP contribution in [0.1, 0.15) is 32.3 Å². The van der Waals surface area contributed by atoms with Crippen molar-refractivity contribution >= 4 is 20.9 Å². The Morgan fingerprint density at radius 1 is 1.08 bits per heavy atom. The predicted molar refractivity (Wildman–Crippen MR) is 102 cm³/mol. The third kappa shape index (κ3) is 3.75. The number of nitrogens with zero attached hydrogens (tertiary/aromatic N) is 2. The normalized spacial score (nSPS) is 13.4. The summed E-state index contributed by atoms with van der Waals surface area (Å²) >= 11 is 0. The molecule has 1 N–H and O–H groups in total. The zero-order valence-electron chi connectivity index (χ0n) is 14.7. The van der Waals surface area contributed by atoms with Crippen LogP contribution in [0.5, 0.6) is 0 Å². The Morgan fingerprint density at radius 2 is 1.80 bits per heavy atom. The maximum Gasteiger partial charge on any atom is 0.213 e. The van der Waals surface area contributed by atoms with Gasteiger partial charge in [0.15, 0.2) is 0 Å². The number of nitrogens with one attached hydrogen (secondary N) is 1. The van der Waals surface area contributed by atoms with Crippen molar-refractivity contribution in [3.05, 3.63) is 60.6 Å². The molecule has 0 spiro atoms. The standard InChI is InChI=1S/C19H23N3O2S/c1-14(2)25(23,24)21-12-15(3)16-4-6-18(7-5-16)22-11-9-17-8-10-20-13-19(17)22/h4-11,13-15,21H,12H2,1-3H3. The van der Waals surface area contributed by atoms with Gasteiger partial charge < -0.3 is 4.57 Å². The van der Waals surface area contributed by atoms with Crippen molar-refractivity contribution in [3.8, 4) is 5.69 Å². The summed E-state index contributed by atoms with van der Waals surface area (Å²) in [5.74, 6) is 0.102. The van der Waals surface area contributed by atoms with Gasteiger partial charge in [0.2, 0.25) is 10.0 Å². The quantitative estimate of drug-likeness (QED) is 0.735. The molecule has 6 heteroatoms. The largest absolute Gasteiger partial charge is 0.315 e. The third-order valence-electron chi connectivity index (χ3n) is 4.45. The second kappa shape index (κ2) is 6.98. The fourth-order valence-electron chi connectivity index (χ4n) is 2.69. The van der Waals surface area contributed by atoms with Crippen LogP contribution in [0.25, 0.3) is 16.6 Å². The summed E-state index contributed by atoms with van der Waals surface area (Å²) in [6, 6.07) is 12.2. The van der Waals surface area contributed by atoms with E-state index in [4.69, 9.17) is 0 Å². The number of hydrogen-bond acceptors (Lipinski definition) is 3. The van der Waals surface area contributed by atoms with Crippen molar-refractivity contribution in [2.24, 2.45) is 0 Å². The van der Waals surface area contributed by atoms with Gasteiger partial charge in [-0.3, -0.25) is 4.98 Å². The number of benzene rings is 1. The monoisotopic (exact) mass is 357 g/mol. The zero-order chi connectivity index (χ0) is 18.0. The van der Waals surface area contributed by atoms with Crippen molar-refractivity contribution in [2.75, 3.05) is 6.54 Å². The van der Waals surface area contributed by atoms with Crippen LogP contribution < -0.4 is 4.72 Å². The van der Waals surface area contributed by atoms with Crippen LogP contribution in [-0.2, 0) is 10.0 Å². The molecular formula is C19H23N3O2S. The molecule has 2 heterocycles. The Morgan fingerprint density at radius 3 is 2.48 bits per heavy atom. The van der Waals surface area contributed by atoms with Crippen molar-refractivity contribution < 1.29 is 8.42 Å². The summed E-state index contributed by atoms with van der Waals surface area (Å²) < 4.78 is 28.5. The number of hydrogen-bond donors (Lipinski definition) is 1. The molecule has 25 heavy (non-hydrogen) atoms. The van der Waals surface area contributed by atoms with E-state index in [9.17, 15) is 8.42 Å². The van der Waals surface area contributed by atoms with Gasteiger partial charge in [0.05, 0.1) is 17.0 Å². The van der Waals surface area contributed by atoms with E-state index in [2.05, 4.69) is 32.5 Å². The molecule has 3 aromatic rings. The average molecular weight is 357 g/mol. The van der Waals surface area contributed by atoms with E-state index in [1.807, 2.05) is 37.5 Å². The molecule has 2 aromatic heterocycles. The lowest BCUT2D eigenvalue weighted by atomic mass is 10.0. The molecule has 1 unspecified atom stereocenters. The van der Waals surface area contributed by atoms with E-state index < -0.39 is 15.3 Å². The Bertz CT molecular complexity index is 960. The first-order chi connectivity index (χ1) is 11.9. The fourth-order valence-corrected chi connectivity index (χ4v) is 3.50. The summed E-state index contributed by atoms with van der Waals surface area (Å²) in [5, 5.41) is 0.730. The number of aromatic nitrogens is 2. The van der Waals surface area contributed by atoms with Gasteiger partial charge >= 0.3 is 0 Å². The Labute approximate surface area is 148 Å². The highest BCUT2D eigenvalue weighted by Gasteiger charge is 2.17. The third-order valence-corrected chi connectivity index (χ3v) is 6.26. The molecule has 0 bridgehead atoms. The maximum atomic E-state index is 11.9. The number of pyridine rings is 1. The molecule has 0 aliphatic heterocycles. The van der Waals surface area contributed by atoms with Crippen LogP contribution in [0.4, 0.5) is 0 Å². The molecule has 1 aromatic carbocycles. The van der Waals surface area contributed by atoms with Gasteiger partial charge in [-0.2, -0.15) is 0 Å². The molecular weight excluding hydrogens is 334 g/mol. The summed E-state index contributed by atoms with van der Waals surface area (Å²) in [6.07, 6.45) is 5.67. The smallest absolute Gasteiger partial charge is 0.213 e. The molecule has 5 nitrogen and oxygen atoms in total. The summed E-state index contributed by atoms with van der Waals surface area (Å²) in [4.78, 5) is 4.19. The van der Waals surface area contributed by atoms with Gasteiger partial charge in [-0.1, -0.05) is 19.1 Å². The molecule has 0 radical (unpaired) electrons. The first-order valence-corrected chi connectivity index (χ1v) is 9.93. The van der Waals surface area contributed by atoms with E-state index in [1.54, 1.807) is 20.0 Å². The lowest BCUT2D eigenvalue weighted by Crippen LogP contribution is -2.33. The second-order valence-corrected chi connectivity index (χ2v) is 8.88. The maximum absolute atomic E-state index is 11.9.